The fraction of sp³-hybridized carbons (Fsp3) is 0.625. The molecule has 0 unspecified atom stereocenters. The highest BCUT2D eigenvalue weighted by atomic mass is 16.5. The number of nitrogens with zero attached hydrogens (tertiary/aromatic N) is 1. The predicted molar refractivity (Wildman–Crippen MR) is 79.9 cm³/mol. The molecule has 0 aromatic heterocycles. The molecule has 1 aliphatic heterocycles. The third-order valence-corrected chi connectivity index (χ3v) is 3.77. The molecule has 0 spiro atoms. The van der Waals surface area contributed by atoms with Crippen LogP contribution in [0.3, 0.4) is 0 Å². The highest BCUT2D eigenvalue weighted by Crippen LogP contribution is 2.19. The van der Waals surface area contributed by atoms with Gasteiger partial charge in [-0.3, -0.25) is 4.90 Å². The zero-order valence-electron chi connectivity index (χ0n) is 12.4. The van der Waals surface area contributed by atoms with Gasteiger partial charge in [0.15, 0.2) is 0 Å². The number of rotatable bonds is 7. The van der Waals surface area contributed by atoms with Gasteiger partial charge in [0.05, 0.1) is 0 Å². The quantitative estimate of drug-likeness (QED) is 0.816. The van der Waals surface area contributed by atoms with Crippen molar-refractivity contribution >= 4 is 0 Å². The molecule has 1 aliphatic rings. The maximum absolute atomic E-state index is 5.95. The van der Waals surface area contributed by atoms with Crippen LogP contribution < -0.4 is 10.1 Å². The topological polar surface area (TPSA) is 24.5 Å². The van der Waals surface area contributed by atoms with Crippen LogP contribution >= 0.6 is 0 Å². The second kappa shape index (κ2) is 6.92. The lowest BCUT2D eigenvalue weighted by Gasteiger charge is -2.38. The number of hydrogen-bond acceptors (Lipinski definition) is 3. The van der Waals surface area contributed by atoms with Crippen molar-refractivity contribution in [3.8, 4) is 5.75 Å². The minimum absolute atomic E-state index is 0.710. The first-order valence-corrected chi connectivity index (χ1v) is 7.35. The fourth-order valence-electron chi connectivity index (χ4n) is 2.43. The lowest BCUT2D eigenvalue weighted by atomic mass is 10.1. The number of hydrogen-bond donors (Lipinski definition) is 1. The summed E-state index contributed by atoms with van der Waals surface area (Å²) in [6.07, 6.45) is 1.21. The van der Waals surface area contributed by atoms with E-state index in [-0.39, 0.29) is 0 Å². The van der Waals surface area contributed by atoms with E-state index in [9.17, 15) is 0 Å². The van der Waals surface area contributed by atoms with Crippen molar-refractivity contribution < 1.29 is 4.74 Å². The van der Waals surface area contributed by atoms with Gasteiger partial charge in [-0.15, -0.1) is 0 Å². The summed E-state index contributed by atoms with van der Waals surface area (Å²) < 4.78 is 5.95. The minimum atomic E-state index is 0.710. The molecular weight excluding hydrogens is 236 g/mol. The molecule has 19 heavy (non-hydrogen) atoms. The van der Waals surface area contributed by atoms with Crippen LogP contribution in [0.5, 0.6) is 5.75 Å². The number of ether oxygens (including phenoxy) is 1. The van der Waals surface area contributed by atoms with Crippen LogP contribution in [-0.4, -0.2) is 43.7 Å². The van der Waals surface area contributed by atoms with E-state index in [1.54, 1.807) is 0 Å². The summed E-state index contributed by atoms with van der Waals surface area (Å²) in [5, 5.41) is 3.34. The Morgan fingerprint density at radius 2 is 2.05 bits per heavy atom. The zero-order chi connectivity index (χ0) is 13.7. The standard InChI is InChI=1S/C16H26N2O/c1-4-7-18(15-11-17-12-15)8-9-19-16-10-13(2)5-6-14(16)3/h5-6,10,15,17H,4,7-9,11-12H2,1-3H3. The molecule has 1 aromatic carbocycles. The molecule has 1 fully saturated rings. The third kappa shape index (κ3) is 3.95. The lowest BCUT2D eigenvalue weighted by Crippen LogP contribution is -2.58. The SMILES string of the molecule is CCCN(CCOc1cc(C)ccc1C)C1CNC1. The predicted octanol–water partition coefficient (Wildman–Crippen LogP) is 2.37. The molecule has 0 amide bonds. The molecule has 0 aliphatic carbocycles. The highest BCUT2D eigenvalue weighted by molar-refractivity contribution is 5.35. The summed E-state index contributed by atoms with van der Waals surface area (Å²) in [7, 11) is 0. The minimum Gasteiger partial charge on any atom is -0.492 e. The molecule has 1 heterocycles. The van der Waals surface area contributed by atoms with Crippen LogP contribution in [0.15, 0.2) is 18.2 Å². The Bertz CT molecular complexity index is 402. The lowest BCUT2D eigenvalue weighted by molar-refractivity contribution is 0.122. The molecule has 3 nitrogen and oxygen atoms in total. The Kier molecular flexibility index (Phi) is 5.23. The monoisotopic (exact) mass is 262 g/mol. The molecule has 3 heteroatoms. The van der Waals surface area contributed by atoms with Crippen molar-refractivity contribution in [1.82, 2.24) is 10.2 Å². The van der Waals surface area contributed by atoms with Gasteiger partial charge in [0.25, 0.3) is 0 Å². The van der Waals surface area contributed by atoms with E-state index in [4.69, 9.17) is 4.74 Å². The Morgan fingerprint density at radius 3 is 2.68 bits per heavy atom. The van der Waals surface area contributed by atoms with Gasteiger partial charge < -0.3 is 10.1 Å². The van der Waals surface area contributed by atoms with E-state index in [0.29, 0.717) is 6.04 Å². The molecule has 106 valence electrons. The first-order chi connectivity index (χ1) is 9.20. The van der Waals surface area contributed by atoms with Gasteiger partial charge in [-0.05, 0) is 44.0 Å². The van der Waals surface area contributed by atoms with Crippen molar-refractivity contribution in [2.45, 2.75) is 33.2 Å². The first kappa shape index (κ1) is 14.4. The molecule has 1 saturated heterocycles. The molecule has 2 rings (SSSR count). The number of nitrogens with one attached hydrogen (secondary N) is 1. The van der Waals surface area contributed by atoms with E-state index in [0.717, 1.165) is 32.0 Å². The average molecular weight is 262 g/mol. The second-order valence-corrected chi connectivity index (χ2v) is 5.47. The second-order valence-electron chi connectivity index (χ2n) is 5.47. The van der Waals surface area contributed by atoms with E-state index < -0.39 is 0 Å². The van der Waals surface area contributed by atoms with Crippen LogP contribution in [0.1, 0.15) is 24.5 Å². The summed E-state index contributed by atoms with van der Waals surface area (Å²) in [4.78, 5) is 2.54. The van der Waals surface area contributed by atoms with Crippen LogP contribution in [-0.2, 0) is 0 Å². The summed E-state index contributed by atoms with van der Waals surface area (Å²) in [6, 6.07) is 7.10. The molecule has 1 N–H and O–H groups in total. The van der Waals surface area contributed by atoms with Crippen molar-refractivity contribution in [2.75, 3.05) is 32.8 Å². The van der Waals surface area contributed by atoms with Gasteiger partial charge in [0, 0.05) is 25.7 Å². The van der Waals surface area contributed by atoms with E-state index in [1.807, 2.05) is 0 Å². The van der Waals surface area contributed by atoms with Gasteiger partial charge >= 0.3 is 0 Å². The zero-order valence-corrected chi connectivity index (χ0v) is 12.4. The van der Waals surface area contributed by atoms with Gasteiger partial charge in [-0.25, -0.2) is 0 Å². The highest BCUT2D eigenvalue weighted by Gasteiger charge is 2.23. The Balaban J connectivity index is 1.82. The Hall–Kier alpha value is -1.06. The Morgan fingerprint density at radius 1 is 1.26 bits per heavy atom. The normalized spacial score (nSPS) is 15.6. The summed E-state index contributed by atoms with van der Waals surface area (Å²) in [6.45, 7) is 11.7. The van der Waals surface area contributed by atoms with Crippen molar-refractivity contribution in [1.29, 1.82) is 0 Å². The van der Waals surface area contributed by atoms with Crippen LogP contribution in [0.25, 0.3) is 0 Å². The maximum atomic E-state index is 5.95. The molecular formula is C16H26N2O. The third-order valence-electron chi connectivity index (χ3n) is 3.77. The maximum Gasteiger partial charge on any atom is 0.122 e. The van der Waals surface area contributed by atoms with Crippen LogP contribution in [0.2, 0.25) is 0 Å². The largest absolute Gasteiger partial charge is 0.492 e. The summed E-state index contributed by atoms with van der Waals surface area (Å²) in [5.74, 6) is 1.03. The van der Waals surface area contributed by atoms with Crippen LogP contribution in [0, 0.1) is 13.8 Å². The van der Waals surface area contributed by atoms with Crippen molar-refractivity contribution in [2.24, 2.45) is 0 Å². The van der Waals surface area contributed by atoms with Gasteiger partial charge in [-0.2, -0.15) is 0 Å². The van der Waals surface area contributed by atoms with E-state index in [2.05, 4.69) is 49.2 Å². The van der Waals surface area contributed by atoms with Gasteiger partial charge in [0.2, 0.25) is 0 Å². The number of benzene rings is 1. The molecule has 0 atom stereocenters. The van der Waals surface area contributed by atoms with E-state index in [1.165, 1.54) is 24.1 Å². The van der Waals surface area contributed by atoms with Gasteiger partial charge in [-0.1, -0.05) is 19.1 Å². The molecule has 0 radical (unpaired) electrons. The van der Waals surface area contributed by atoms with Crippen LogP contribution in [0.4, 0.5) is 0 Å². The Labute approximate surface area is 116 Å². The molecule has 0 bridgehead atoms. The fourth-order valence-corrected chi connectivity index (χ4v) is 2.43. The van der Waals surface area contributed by atoms with Gasteiger partial charge in [0.1, 0.15) is 12.4 Å². The number of aryl methyl sites for hydroxylation is 2. The summed E-state index contributed by atoms with van der Waals surface area (Å²) in [5.41, 5.74) is 2.48. The smallest absolute Gasteiger partial charge is 0.122 e. The molecule has 0 saturated carbocycles. The van der Waals surface area contributed by atoms with E-state index >= 15 is 0 Å². The molecule has 1 aromatic rings. The van der Waals surface area contributed by atoms with Crippen molar-refractivity contribution in [3.63, 3.8) is 0 Å². The first-order valence-electron chi connectivity index (χ1n) is 7.35. The van der Waals surface area contributed by atoms with Crippen molar-refractivity contribution in [3.05, 3.63) is 29.3 Å². The summed E-state index contributed by atoms with van der Waals surface area (Å²) >= 11 is 0. The average Bonchev–Trinajstić information content (AvgIpc) is 2.31.